The van der Waals surface area contributed by atoms with Crippen molar-refractivity contribution < 1.29 is 4.74 Å². The number of anilines is 1. The molecule has 0 bridgehead atoms. The van der Waals surface area contributed by atoms with Crippen molar-refractivity contribution in [1.82, 2.24) is 4.98 Å². The second kappa shape index (κ2) is 5.83. The Labute approximate surface area is 89.4 Å². The van der Waals surface area contributed by atoms with Gasteiger partial charge in [0, 0.05) is 19.3 Å². The van der Waals surface area contributed by atoms with Crippen LogP contribution in [0.3, 0.4) is 0 Å². The second-order valence-corrected chi connectivity index (χ2v) is 3.47. The third kappa shape index (κ3) is 3.16. The molecule has 0 saturated carbocycles. The quantitative estimate of drug-likeness (QED) is 0.818. The highest BCUT2D eigenvalue weighted by Crippen LogP contribution is 2.20. The monoisotopic (exact) mass is 214 g/mol. The zero-order valence-corrected chi connectivity index (χ0v) is 9.21. The number of ether oxygens (including phenoxy) is 1. The fourth-order valence-corrected chi connectivity index (χ4v) is 1.33. The van der Waals surface area contributed by atoms with Crippen molar-refractivity contribution >= 4 is 17.3 Å². The van der Waals surface area contributed by atoms with Crippen molar-refractivity contribution in [2.45, 2.75) is 19.4 Å². The fourth-order valence-electron chi connectivity index (χ4n) is 1.17. The molecular weight excluding hydrogens is 200 g/mol. The van der Waals surface area contributed by atoms with Crippen LogP contribution < -0.4 is 5.32 Å². The Morgan fingerprint density at radius 2 is 2.43 bits per heavy atom. The molecular formula is C10H15ClN2O. The Bertz CT molecular complexity index is 281. The molecule has 0 aromatic carbocycles. The molecule has 1 aromatic heterocycles. The molecule has 1 unspecified atom stereocenters. The third-order valence-corrected chi connectivity index (χ3v) is 2.32. The summed E-state index contributed by atoms with van der Waals surface area (Å²) < 4.78 is 5.08. The molecule has 1 atom stereocenters. The van der Waals surface area contributed by atoms with E-state index in [0.717, 1.165) is 12.1 Å². The van der Waals surface area contributed by atoms with E-state index >= 15 is 0 Å². The first-order valence-electron chi connectivity index (χ1n) is 4.63. The van der Waals surface area contributed by atoms with E-state index in [2.05, 4.69) is 17.2 Å². The minimum Gasteiger partial charge on any atom is -0.383 e. The average molecular weight is 215 g/mol. The molecule has 0 spiro atoms. The maximum Gasteiger partial charge on any atom is 0.0718 e. The number of hydrogen-bond acceptors (Lipinski definition) is 3. The second-order valence-electron chi connectivity index (χ2n) is 3.06. The van der Waals surface area contributed by atoms with Crippen LogP contribution in [-0.2, 0) is 4.74 Å². The number of nitrogens with zero attached hydrogens (tertiary/aromatic N) is 1. The van der Waals surface area contributed by atoms with Gasteiger partial charge in [0.2, 0.25) is 0 Å². The molecule has 0 aliphatic rings. The number of methoxy groups -OCH3 is 1. The summed E-state index contributed by atoms with van der Waals surface area (Å²) in [5.41, 5.74) is 0.859. The highest BCUT2D eigenvalue weighted by molar-refractivity contribution is 6.33. The van der Waals surface area contributed by atoms with Gasteiger partial charge in [0.15, 0.2) is 0 Å². The molecule has 0 aliphatic carbocycles. The Balaban J connectivity index is 2.62. The Kier molecular flexibility index (Phi) is 4.70. The Morgan fingerprint density at radius 3 is 3.00 bits per heavy atom. The number of nitrogens with one attached hydrogen (secondary N) is 1. The van der Waals surface area contributed by atoms with Crippen LogP contribution in [0.5, 0.6) is 0 Å². The van der Waals surface area contributed by atoms with Gasteiger partial charge in [-0.1, -0.05) is 18.5 Å². The maximum atomic E-state index is 5.98. The van der Waals surface area contributed by atoms with E-state index in [0.29, 0.717) is 11.6 Å². The predicted molar refractivity (Wildman–Crippen MR) is 58.8 cm³/mol. The lowest BCUT2D eigenvalue weighted by atomic mass is 10.2. The maximum absolute atomic E-state index is 5.98. The van der Waals surface area contributed by atoms with E-state index in [1.807, 2.05) is 0 Å². The van der Waals surface area contributed by atoms with Crippen molar-refractivity contribution in [1.29, 1.82) is 0 Å². The first-order valence-corrected chi connectivity index (χ1v) is 5.00. The summed E-state index contributed by atoms with van der Waals surface area (Å²) in [6, 6.07) is 2.05. The highest BCUT2D eigenvalue weighted by atomic mass is 35.5. The normalized spacial score (nSPS) is 12.5. The lowest BCUT2D eigenvalue weighted by Gasteiger charge is -2.17. The zero-order valence-electron chi connectivity index (χ0n) is 8.46. The van der Waals surface area contributed by atoms with Crippen molar-refractivity contribution in [3.8, 4) is 0 Å². The van der Waals surface area contributed by atoms with E-state index in [1.165, 1.54) is 0 Å². The highest BCUT2D eigenvalue weighted by Gasteiger charge is 2.07. The molecule has 3 nitrogen and oxygen atoms in total. The van der Waals surface area contributed by atoms with Gasteiger partial charge >= 0.3 is 0 Å². The molecule has 78 valence electrons. The standard InChI is InChI=1S/C10H15ClN2O/c1-3-8(7-14-2)13-10-6-12-5-4-9(10)11/h4-6,8,13H,3,7H2,1-2H3. The molecule has 0 aliphatic heterocycles. The van der Waals surface area contributed by atoms with Gasteiger partial charge in [0.05, 0.1) is 23.5 Å². The van der Waals surface area contributed by atoms with E-state index in [9.17, 15) is 0 Å². The van der Waals surface area contributed by atoms with Crippen molar-refractivity contribution in [3.63, 3.8) is 0 Å². The van der Waals surface area contributed by atoms with Gasteiger partial charge in [-0.25, -0.2) is 0 Å². The van der Waals surface area contributed by atoms with E-state index < -0.39 is 0 Å². The number of aromatic nitrogens is 1. The average Bonchev–Trinajstić information content (AvgIpc) is 2.20. The smallest absolute Gasteiger partial charge is 0.0718 e. The summed E-state index contributed by atoms with van der Waals surface area (Å²) in [7, 11) is 1.69. The molecule has 1 aromatic rings. The van der Waals surface area contributed by atoms with Gasteiger partial charge < -0.3 is 10.1 Å². The predicted octanol–water partition coefficient (Wildman–Crippen LogP) is 2.57. The van der Waals surface area contributed by atoms with Crippen LogP contribution in [0.1, 0.15) is 13.3 Å². The number of halogens is 1. The van der Waals surface area contributed by atoms with Crippen molar-refractivity contribution in [2.24, 2.45) is 0 Å². The van der Waals surface area contributed by atoms with Crippen LogP contribution in [0.4, 0.5) is 5.69 Å². The molecule has 14 heavy (non-hydrogen) atoms. The number of pyridine rings is 1. The van der Waals surface area contributed by atoms with Crippen LogP contribution in [0, 0.1) is 0 Å². The van der Waals surface area contributed by atoms with Gasteiger partial charge in [-0.3, -0.25) is 4.98 Å². The van der Waals surface area contributed by atoms with Crippen molar-refractivity contribution in [3.05, 3.63) is 23.5 Å². The lowest BCUT2D eigenvalue weighted by Crippen LogP contribution is -2.24. The van der Waals surface area contributed by atoms with Crippen LogP contribution >= 0.6 is 11.6 Å². The lowest BCUT2D eigenvalue weighted by molar-refractivity contribution is 0.184. The molecule has 4 heteroatoms. The van der Waals surface area contributed by atoms with Gasteiger partial charge in [-0.05, 0) is 12.5 Å². The molecule has 0 amide bonds. The van der Waals surface area contributed by atoms with Crippen LogP contribution in [0.15, 0.2) is 18.5 Å². The topological polar surface area (TPSA) is 34.1 Å². The minimum atomic E-state index is 0.279. The molecule has 0 radical (unpaired) electrons. The Morgan fingerprint density at radius 1 is 1.64 bits per heavy atom. The summed E-state index contributed by atoms with van der Waals surface area (Å²) in [5, 5.41) is 3.97. The van der Waals surface area contributed by atoms with Gasteiger partial charge in [0.1, 0.15) is 0 Å². The Hall–Kier alpha value is -0.800. The fraction of sp³-hybridized carbons (Fsp3) is 0.500. The SMILES string of the molecule is CCC(COC)Nc1cnccc1Cl. The van der Waals surface area contributed by atoms with Gasteiger partial charge in [-0.2, -0.15) is 0 Å². The summed E-state index contributed by atoms with van der Waals surface area (Å²) in [6.07, 6.45) is 4.38. The first kappa shape index (κ1) is 11.3. The minimum absolute atomic E-state index is 0.279. The third-order valence-electron chi connectivity index (χ3n) is 1.99. The molecule has 0 saturated heterocycles. The number of hydrogen-bond donors (Lipinski definition) is 1. The molecule has 0 fully saturated rings. The van der Waals surface area contributed by atoms with Crippen LogP contribution in [-0.4, -0.2) is 24.7 Å². The van der Waals surface area contributed by atoms with Crippen LogP contribution in [0.25, 0.3) is 0 Å². The first-order chi connectivity index (χ1) is 6.77. The largest absolute Gasteiger partial charge is 0.383 e. The van der Waals surface area contributed by atoms with E-state index in [1.54, 1.807) is 25.6 Å². The molecule has 1 N–H and O–H groups in total. The van der Waals surface area contributed by atoms with Gasteiger partial charge in [0.25, 0.3) is 0 Å². The van der Waals surface area contributed by atoms with E-state index in [-0.39, 0.29) is 6.04 Å². The summed E-state index contributed by atoms with van der Waals surface area (Å²) in [6.45, 7) is 2.77. The molecule has 1 rings (SSSR count). The van der Waals surface area contributed by atoms with Crippen LogP contribution in [0.2, 0.25) is 5.02 Å². The zero-order chi connectivity index (χ0) is 10.4. The van der Waals surface area contributed by atoms with Crippen molar-refractivity contribution in [2.75, 3.05) is 19.0 Å². The summed E-state index contributed by atoms with van der Waals surface area (Å²) in [5.74, 6) is 0. The molecule has 1 heterocycles. The summed E-state index contributed by atoms with van der Waals surface area (Å²) >= 11 is 5.98. The summed E-state index contributed by atoms with van der Waals surface area (Å²) in [4.78, 5) is 4.01. The van der Waals surface area contributed by atoms with Gasteiger partial charge in [-0.15, -0.1) is 0 Å². The van der Waals surface area contributed by atoms with E-state index in [4.69, 9.17) is 16.3 Å². The number of rotatable bonds is 5.